The number of hydrogen-bond donors (Lipinski definition) is 2. The maximum absolute atomic E-state index is 7.75. The normalized spacial score (nSPS) is 5.60. The lowest BCUT2D eigenvalue weighted by molar-refractivity contribution is -0.471. The SMILES string of the molecule is [Cl-].[N-]=[N+]=NC(N=[N+]=[N-])=[NH+]N. The van der Waals surface area contributed by atoms with Gasteiger partial charge in [0.15, 0.2) is 0 Å². The number of nitrogens with zero attached hydrogens (tertiary/aromatic N) is 6. The van der Waals surface area contributed by atoms with Crippen LogP contribution in [0.3, 0.4) is 0 Å². The van der Waals surface area contributed by atoms with Gasteiger partial charge in [-0.15, -0.1) is 0 Å². The third-order valence-corrected chi connectivity index (χ3v) is 0.408. The van der Waals surface area contributed by atoms with Crippen LogP contribution < -0.4 is 23.4 Å². The van der Waals surface area contributed by atoms with Crippen molar-refractivity contribution >= 4 is 5.96 Å². The van der Waals surface area contributed by atoms with E-state index in [0.717, 1.165) is 0 Å². The van der Waals surface area contributed by atoms with E-state index >= 15 is 0 Å². The summed E-state index contributed by atoms with van der Waals surface area (Å²) in [7, 11) is 0. The van der Waals surface area contributed by atoms with Crippen LogP contribution in [0, 0.1) is 0 Å². The zero-order valence-electron chi connectivity index (χ0n) is 4.64. The highest BCUT2D eigenvalue weighted by Crippen LogP contribution is 1.73. The van der Waals surface area contributed by atoms with E-state index < -0.39 is 0 Å². The third-order valence-electron chi connectivity index (χ3n) is 0.408. The van der Waals surface area contributed by atoms with Crippen LogP contribution in [0.15, 0.2) is 10.2 Å². The molecule has 0 spiro atoms. The van der Waals surface area contributed by atoms with Crippen molar-refractivity contribution in [3.8, 4) is 0 Å². The molecule has 0 fully saturated rings. The molecule has 0 rings (SSSR count). The fourth-order valence-electron chi connectivity index (χ4n) is 0.162. The van der Waals surface area contributed by atoms with E-state index in [-0.39, 0.29) is 18.4 Å². The molecule has 0 aromatic heterocycles. The Morgan fingerprint density at radius 3 is 1.90 bits per heavy atom. The standard InChI is InChI=1S/CH2N8.ClH/c2-5-1(6-8-3)7-9-4;/h2H2;1H. The van der Waals surface area contributed by atoms with Crippen molar-refractivity contribution in [1.82, 2.24) is 0 Å². The fourth-order valence-corrected chi connectivity index (χ4v) is 0.162. The number of nitrogens with one attached hydrogen (secondary N) is 1. The lowest BCUT2D eigenvalue weighted by Crippen LogP contribution is -3.00. The Kier molecular flexibility index (Phi) is 8.28. The summed E-state index contributed by atoms with van der Waals surface area (Å²) >= 11 is 0. The summed E-state index contributed by atoms with van der Waals surface area (Å²) in [5.74, 6) is 4.42. The smallest absolute Gasteiger partial charge is 0.615 e. The van der Waals surface area contributed by atoms with E-state index in [1.54, 1.807) is 0 Å². The summed E-state index contributed by atoms with van der Waals surface area (Å²) in [6, 6.07) is 0. The second-order valence-corrected chi connectivity index (χ2v) is 0.847. The molecule has 9 heteroatoms. The summed E-state index contributed by atoms with van der Waals surface area (Å²) in [5, 5.41) is 7.63. The zero-order chi connectivity index (χ0) is 7.11. The van der Waals surface area contributed by atoms with Crippen molar-refractivity contribution < 1.29 is 17.5 Å². The molecule has 0 aliphatic carbocycles. The predicted molar refractivity (Wildman–Crippen MR) is 28.4 cm³/mol. The molecule has 0 aromatic carbocycles. The van der Waals surface area contributed by atoms with Gasteiger partial charge >= 0.3 is 16.2 Å². The molecule has 0 heterocycles. The molecule has 0 atom stereocenters. The summed E-state index contributed by atoms with van der Waals surface area (Å²) in [5.41, 5.74) is 15.5. The quantitative estimate of drug-likeness (QED) is 0.0699. The average Bonchev–Trinajstić information content (AvgIpc) is 1.88. The number of rotatable bonds is 0. The number of hydrazine groups is 1. The zero-order valence-corrected chi connectivity index (χ0v) is 5.39. The molecule has 0 radical (unpaired) electrons. The molecule has 54 valence electrons. The number of hydrazone groups is 1. The summed E-state index contributed by atoms with van der Waals surface area (Å²) in [6.07, 6.45) is 0. The molecule has 0 amide bonds. The first-order valence-corrected chi connectivity index (χ1v) is 1.79. The first-order valence-electron chi connectivity index (χ1n) is 1.79. The number of halogens is 1. The fraction of sp³-hybridized carbons (Fsp3) is 0. The minimum atomic E-state index is -0.306. The summed E-state index contributed by atoms with van der Waals surface area (Å²) < 4.78 is 0. The maximum Gasteiger partial charge on any atom is 0.615 e. The van der Waals surface area contributed by atoms with E-state index in [4.69, 9.17) is 16.9 Å². The summed E-state index contributed by atoms with van der Waals surface area (Å²) in [6.45, 7) is 0. The van der Waals surface area contributed by atoms with Crippen LogP contribution >= 0.6 is 0 Å². The first kappa shape index (κ1) is 11.2. The van der Waals surface area contributed by atoms with Gasteiger partial charge in [0.1, 0.15) is 0 Å². The highest BCUT2D eigenvalue weighted by atomic mass is 35.5. The Labute approximate surface area is 61.4 Å². The third kappa shape index (κ3) is 4.54. The van der Waals surface area contributed by atoms with Gasteiger partial charge in [0.2, 0.25) is 9.82 Å². The van der Waals surface area contributed by atoms with Crippen molar-refractivity contribution in [3.05, 3.63) is 20.9 Å². The van der Waals surface area contributed by atoms with Crippen molar-refractivity contribution in [2.75, 3.05) is 0 Å². The topological polar surface area (TPSA) is 138 Å². The lowest BCUT2D eigenvalue weighted by atomic mass is 11.1. The van der Waals surface area contributed by atoms with E-state index in [1.165, 1.54) is 0 Å². The molecule has 10 heavy (non-hydrogen) atoms. The summed E-state index contributed by atoms with van der Waals surface area (Å²) in [4.78, 5) is 4.61. The molecule has 8 nitrogen and oxygen atoms in total. The van der Waals surface area contributed by atoms with Crippen LogP contribution in [0.1, 0.15) is 0 Å². The Morgan fingerprint density at radius 2 is 1.70 bits per heavy atom. The molecule has 0 bridgehead atoms. The predicted octanol–water partition coefficient (Wildman–Crippen LogP) is -4.08. The van der Waals surface area contributed by atoms with Gasteiger partial charge in [0.05, 0.1) is 0 Å². The highest BCUT2D eigenvalue weighted by molar-refractivity contribution is 5.75. The van der Waals surface area contributed by atoms with Gasteiger partial charge in [-0.2, -0.15) is 5.10 Å². The van der Waals surface area contributed by atoms with Gasteiger partial charge < -0.3 is 12.4 Å². The van der Waals surface area contributed by atoms with Crippen LogP contribution in [0.25, 0.3) is 20.9 Å². The van der Waals surface area contributed by atoms with Crippen LogP contribution in [0.4, 0.5) is 0 Å². The van der Waals surface area contributed by atoms with Gasteiger partial charge in [-0.3, -0.25) is 5.84 Å². The van der Waals surface area contributed by atoms with Crippen molar-refractivity contribution in [2.24, 2.45) is 16.1 Å². The number of azide groups is 1. The second-order valence-electron chi connectivity index (χ2n) is 0.847. The Morgan fingerprint density at radius 1 is 1.30 bits per heavy atom. The average molecular weight is 163 g/mol. The van der Waals surface area contributed by atoms with Crippen LogP contribution in [0.2, 0.25) is 0 Å². The molecular weight excluding hydrogens is 160 g/mol. The van der Waals surface area contributed by atoms with Crippen molar-refractivity contribution in [2.45, 2.75) is 0 Å². The number of hydrogen-bond acceptors (Lipinski definition) is 1. The molecular formula is CH3ClN8. The van der Waals surface area contributed by atoms with E-state index in [1.807, 2.05) is 5.10 Å². The van der Waals surface area contributed by atoms with Gasteiger partial charge in [-0.1, -0.05) is 0 Å². The van der Waals surface area contributed by atoms with Gasteiger partial charge in [0.25, 0.3) is 0 Å². The monoisotopic (exact) mass is 162 g/mol. The maximum atomic E-state index is 7.75. The van der Waals surface area contributed by atoms with Gasteiger partial charge in [-0.05, 0) is 0 Å². The van der Waals surface area contributed by atoms with Crippen LogP contribution in [-0.4, -0.2) is 5.96 Å². The van der Waals surface area contributed by atoms with E-state index in [2.05, 4.69) is 20.1 Å². The molecule has 0 aromatic rings. The Hall–Kier alpha value is -1.62. The largest absolute Gasteiger partial charge is 1.00 e. The molecule has 0 aliphatic heterocycles. The minimum Gasteiger partial charge on any atom is -1.00 e. The number of nitrogens with two attached hydrogens (primary N) is 1. The van der Waals surface area contributed by atoms with E-state index in [9.17, 15) is 0 Å². The van der Waals surface area contributed by atoms with E-state index in [0.29, 0.717) is 0 Å². The minimum absolute atomic E-state index is 0. The molecule has 0 aliphatic rings. The van der Waals surface area contributed by atoms with Crippen LogP contribution in [0.5, 0.6) is 0 Å². The second kappa shape index (κ2) is 7.38. The lowest BCUT2D eigenvalue weighted by Gasteiger charge is -1.55. The molecule has 3 N–H and O–H groups in total. The highest BCUT2D eigenvalue weighted by Gasteiger charge is 2.18. The first-order chi connectivity index (χ1) is 4.35. The van der Waals surface area contributed by atoms with Crippen molar-refractivity contribution in [1.29, 1.82) is 0 Å². The number of guanidine groups is 1. The van der Waals surface area contributed by atoms with Crippen LogP contribution in [-0.2, 0) is 0 Å². The molecule has 0 unspecified atom stereocenters. The Balaban J connectivity index is 0. The van der Waals surface area contributed by atoms with Gasteiger partial charge in [-0.25, -0.2) is 0 Å². The Bertz CT molecular complexity index is 183. The van der Waals surface area contributed by atoms with Gasteiger partial charge in [0, 0.05) is 11.1 Å². The van der Waals surface area contributed by atoms with Crippen molar-refractivity contribution in [3.63, 3.8) is 0 Å². The molecule has 0 saturated heterocycles. The molecule has 0 saturated carbocycles.